The summed E-state index contributed by atoms with van der Waals surface area (Å²) in [4.78, 5) is 0. The van der Waals surface area contributed by atoms with Crippen molar-refractivity contribution >= 4 is 0 Å². The smallest absolute Gasteiger partial charge is 0.00773 e. The molecule has 1 nitrogen and oxygen atoms in total. The third kappa shape index (κ3) is 4.13. The molecule has 0 amide bonds. The SMILES string of the molecule is NCCCCCc1ccc(C2CCCCC2)cc1. The van der Waals surface area contributed by atoms with Crippen LogP contribution in [0.3, 0.4) is 0 Å². The zero-order valence-corrected chi connectivity index (χ0v) is 11.5. The lowest BCUT2D eigenvalue weighted by Gasteiger charge is -2.22. The molecule has 0 aliphatic heterocycles. The van der Waals surface area contributed by atoms with Crippen LogP contribution in [-0.4, -0.2) is 6.54 Å². The van der Waals surface area contributed by atoms with Gasteiger partial charge in [-0.25, -0.2) is 0 Å². The molecule has 18 heavy (non-hydrogen) atoms. The van der Waals surface area contributed by atoms with Gasteiger partial charge in [0.1, 0.15) is 0 Å². The second-order valence-corrected chi connectivity index (χ2v) is 5.68. The van der Waals surface area contributed by atoms with E-state index >= 15 is 0 Å². The van der Waals surface area contributed by atoms with Gasteiger partial charge in [0.25, 0.3) is 0 Å². The highest BCUT2D eigenvalue weighted by atomic mass is 14.5. The lowest BCUT2D eigenvalue weighted by atomic mass is 9.84. The molecular weight excluding hydrogens is 218 g/mol. The van der Waals surface area contributed by atoms with E-state index in [9.17, 15) is 0 Å². The van der Waals surface area contributed by atoms with Crippen LogP contribution in [-0.2, 0) is 6.42 Å². The fraction of sp³-hybridized carbons (Fsp3) is 0.647. The fourth-order valence-corrected chi connectivity index (χ4v) is 3.04. The molecule has 2 N–H and O–H groups in total. The molecule has 2 rings (SSSR count). The molecule has 100 valence electrons. The van der Waals surface area contributed by atoms with Gasteiger partial charge in [-0.15, -0.1) is 0 Å². The maximum atomic E-state index is 5.51. The molecule has 1 heteroatoms. The number of nitrogens with two attached hydrogens (primary N) is 1. The van der Waals surface area contributed by atoms with Gasteiger partial charge in [-0.05, 0) is 55.7 Å². The molecule has 0 heterocycles. The molecule has 0 radical (unpaired) electrons. The quantitative estimate of drug-likeness (QED) is 0.738. The van der Waals surface area contributed by atoms with Gasteiger partial charge in [0.2, 0.25) is 0 Å². The highest BCUT2D eigenvalue weighted by molar-refractivity contribution is 5.25. The summed E-state index contributed by atoms with van der Waals surface area (Å²) in [7, 11) is 0. The van der Waals surface area contributed by atoms with Crippen molar-refractivity contribution in [3.63, 3.8) is 0 Å². The van der Waals surface area contributed by atoms with E-state index in [0.717, 1.165) is 12.5 Å². The Morgan fingerprint density at radius 1 is 0.889 bits per heavy atom. The van der Waals surface area contributed by atoms with Gasteiger partial charge in [-0.3, -0.25) is 0 Å². The van der Waals surface area contributed by atoms with Gasteiger partial charge < -0.3 is 5.73 Å². The zero-order chi connectivity index (χ0) is 12.6. The van der Waals surface area contributed by atoms with E-state index in [1.807, 2.05) is 0 Å². The molecule has 1 aliphatic carbocycles. The molecule has 1 aromatic rings. The lowest BCUT2D eigenvalue weighted by Crippen LogP contribution is -2.04. The first-order valence-corrected chi connectivity index (χ1v) is 7.69. The van der Waals surface area contributed by atoms with Crippen molar-refractivity contribution in [2.75, 3.05) is 6.54 Å². The Morgan fingerprint density at radius 3 is 2.28 bits per heavy atom. The predicted octanol–water partition coefficient (Wildman–Crippen LogP) is 4.41. The van der Waals surface area contributed by atoms with Crippen molar-refractivity contribution in [3.8, 4) is 0 Å². The van der Waals surface area contributed by atoms with Crippen LogP contribution in [0, 0.1) is 0 Å². The van der Waals surface area contributed by atoms with Gasteiger partial charge >= 0.3 is 0 Å². The topological polar surface area (TPSA) is 26.0 Å². The van der Waals surface area contributed by atoms with Crippen LogP contribution in [0.4, 0.5) is 0 Å². The van der Waals surface area contributed by atoms with Gasteiger partial charge in [-0.1, -0.05) is 49.9 Å². The molecular formula is C17H27N. The Bertz CT molecular complexity index is 322. The van der Waals surface area contributed by atoms with E-state index < -0.39 is 0 Å². The van der Waals surface area contributed by atoms with Gasteiger partial charge in [0, 0.05) is 0 Å². The fourth-order valence-electron chi connectivity index (χ4n) is 3.04. The van der Waals surface area contributed by atoms with Crippen molar-refractivity contribution in [1.82, 2.24) is 0 Å². The van der Waals surface area contributed by atoms with E-state index in [1.54, 1.807) is 5.56 Å². The summed E-state index contributed by atoms with van der Waals surface area (Å²) in [6, 6.07) is 9.42. The number of hydrogen-bond donors (Lipinski definition) is 1. The number of benzene rings is 1. The Hall–Kier alpha value is -0.820. The van der Waals surface area contributed by atoms with Crippen molar-refractivity contribution in [1.29, 1.82) is 0 Å². The Balaban J connectivity index is 1.81. The second kappa shape index (κ2) is 7.58. The third-order valence-corrected chi connectivity index (χ3v) is 4.23. The Labute approximate surface area is 112 Å². The molecule has 0 aromatic heterocycles. The molecule has 1 aromatic carbocycles. The minimum absolute atomic E-state index is 0.834. The first-order valence-electron chi connectivity index (χ1n) is 7.69. The molecule has 0 saturated heterocycles. The van der Waals surface area contributed by atoms with E-state index in [-0.39, 0.29) is 0 Å². The Kier molecular flexibility index (Phi) is 5.73. The monoisotopic (exact) mass is 245 g/mol. The molecule has 0 bridgehead atoms. The zero-order valence-electron chi connectivity index (χ0n) is 11.5. The molecule has 1 aliphatic rings. The largest absolute Gasteiger partial charge is 0.330 e. The van der Waals surface area contributed by atoms with E-state index in [2.05, 4.69) is 24.3 Å². The maximum Gasteiger partial charge on any atom is -0.00773 e. The summed E-state index contributed by atoms with van der Waals surface area (Å²) in [6.45, 7) is 0.834. The van der Waals surface area contributed by atoms with Gasteiger partial charge in [0.15, 0.2) is 0 Å². The van der Waals surface area contributed by atoms with Crippen LogP contribution >= 0.6 is 0 Å². The molecule has 1 saturated carbocycles. The minimum atomic E-state index is 0.834. The second-order valence-electron chi connectivity index (χ2n) is 5.68. The summed E-state index contributed by atoms with van der Waals surface area (Å²) in [5.74, 6) is 0.838. The number of rotatable bonds is 6. The Morgan fingerprint density at radius 2 is 1.61 bits per heavy atom. The molecule has 0 atom stereocenters. The van der Waals surface area contributed by atoms with Crippen LogP contribution in [0.15, 0.2) is 24.3 Å². The summed E-state index contributed by atoms with van der Waals surface area (Å²) in [5.41, 5.74) is 8.57. The summed E-state index contributed by atoms with van der Waals surface area (Å²) in [5, 5.41) is 0. The molecule has 0 spiro atoms. The van der Waals surface area contributed by atoms with Crippen LogP contribution in [0.2, 0.25) is 0 Å². The highest BCUT2D eigenvalue weighted by Gasteiger charge is 2.14. The number of hydrogen-bond acceptors (Lipinski definition) is 1. The van der Waals surface area contributed by atoms with Crippen LogP contribution in [0.1, 0.15) is 68.4 Å². The minimum Gasteiger partial charge on any atom is -0.330 e. The summed E-state index contributed by atoms with van der Waals surface area (Å²) >= 11 is 0. The van der Waals surface area contributed by atoms with Crippen LogP contribution in [0.5, 0.6) is 0 Å². The van der Waals surface area contributed by atoms with Crippen molar-refractivity contribution in [2.24, 2.45) is 5.73 Å². The van der Waals surface area contributed by atoms with Crippen LogP contribution in [0.25, 0.3) is 0 Å². The van der Waals surface area contributed by atoms with E-state index in [4.69, 9.17) is 5.73 Å². The predicted molar refractivity (Wildman–Crippen MR) is 78.9 cm³/mol. The van der Waals surface area contributed by atoms with Gasteiger partial charge in [-0.2, -0.15) is 0 Å². The summed E-state index contributed by atoms with van der Waals surface area (Å²) < 4.78 is 0. The van der Waals surface area contributed by atoms with Crippen molar-refractivity contribution < 1.29 is 0 Å². The van der Waals surface area contributed by atoms with Crippen LogP contribution < -0.4 is 5.73 Å². The lowest BCUT2D eigenvalue weighted by molar-refractivity contribution is 0.443. The van der Waals surface area contributed by atoms with E-state index in [0.29, 0.717) is 0 Å². The van der Waals surface area contributed by atoms with E-state index in [1.165, 1.54) is 63.4 Å². The number of unbranched alkanes of at least 4 members (excludes halogenated alkanes) is 2. The van der Waals surface area contributed by atoms with Gasteiger partial charge in [0.05, 0.1) is 0 Å². The molecule has 1 fully saturated rings. The first kappa shape index (κ1) is 13.6. The average molecular weight is 245 g/mol. The molecule has 0 unspecified atom stereocenters. The van der Waals surface area contributed by atoms with Crippen molar-refractivity contribution in [2.45, 2.75) is 63.7 Å². The maximum absolute atomic E-state index is 5.51. The average Bonchev–Trinajstić information content (AvgIpc) is 2.45. The highest BCUT2D eigenvalue weighted by Crippen LogP contribution is 2.32. The first-order chi connectivity index (χ1) is 8.90. The number of aryl methyl sites for hydroxylation is 1. The standard InChI is InChI=1S/C17H27N/c18-14-6-2-3-7-15-10-12-17(13-11-15)16-8-4-1-5-9-16/h10-13,16H,1-9,14,18H2. The van der Waals surface area contributed by atoms with Crippen molar-refractivity contribution in [3.05, 3.63) is 35.4 Å². The normalized spacial score (nSPS) is 16.9. The third-order valence-electron chi connectivity index (χ3n) is 4.23. The summed E-state index contributed by atoms with van der Waals surface area (Å²) in [6.07, 6.45) is 12.0.